The van der Waals surface area contributed by atoms with Crippen LogP contribution in [0, 0.1) is 11.8 Å². The number of halogens is 1. The highest BCUT2D eigenvalue weighted by Gasteiger charge is 2.38. The van der Waals surface area contributed by atoms with Crippen LogP contribution in [0.2, 0.25) is 0 Å². The molecule has 88 valence electrons. The number of hydrogen-bond donors (Lipinski definition) is 0. The standard InChI is InChI=1S/C13H24BrN/c1-3-13(4-2)15-8-10-5-6-12(14)7-11(10)9-15/h10-13H,3-9H2,1-2H3. The van der Waals surface area contributed by atoms with Gasteiger partial charge in [0.1, 0.15) is 0 Å². The topological polar surface area (TPSA) is 3.24 Å². The lowest BCUT2D eigenvalue weighted by Crippen LogP contribution is -2.32. The molecule has 1 heterocycles. The van der Waals surface area contributed by atoms with Crippen LogP contribution < -0.4 is 0 Å². The lowest BCUT2D eigenvalue weighted by Gasteiger charge is -2.27. The Morgan fingerprint density at radius 1 is 1.13 bits per heavy atom. The first-order chi connectivity index (χ1) is 7.24. The molecule has 0 amide bonds. The molecule has 1 nitrogen and oxygen atoms in total. The molecule has 0 spiro atoms. The monoisotopic (exact) mass is 273 g/mol. The van der Waals surface area contributed by atoms with Crippen molar-refractivity contribution in [3.05, 3.63) is 0 Å². The van der Waals surface area contributed by atoms with Gasteiger partial charge in [-0.05, 0) is 43.9 Å². The molecule has 2 heteroatoms. The van der Waals surface area contributed by atoms with Crippen LogP contribution in [0.5, 0.6) is 0 Å². The molecule has 2 rings (SSSR count). The Morgan fingerprint density at radius 2 is 1.80 bits per heavy atom. The number of hydrogen-bond acceptors (Lipinski definition) is 1. The summed E-state index contributed by atoms with van der Waals surface area (Å²) in [4.78, 5) is 3.57. The van der Waals surface area contributed by atoms with Gasteiger partial charge in [-0.3, -0.25) is 4.90 Å². The molecule has 15 heavy (non-hydrogen) atoms. The summed E-state index contributed by atoms with van der Waals surface area (Å²) in [7, 11) is 0. The average Bonchev–Trinajstić information content (AvgIpc) is 2.62. The van der Waals surface area contributed by atoms with E-state index in [9.17, 15) is 0 Å². The van der Waals surface area contributed by atoms with Gasteiger partial charge in [-0.25, -0.2) is 0 Å². The minimum Gasteiger partial charge on any atom is -0.300 e. The third-order valence-corrected chi connectivity index (χ3v) is 5.30. The highest BCUT2D eigenvalue weighted by Crippen LogP contribution is 2.39. The van der Waals surface area contributed by atoms with Gasteiger partial charge in [0.25, 0.3) is 0 Å². The van der Waals surface area contributed by atoms with Gasteiger partial charge in [0.15, 0.2) is 0 Å². The lowest BCUT2D eigenvalue weighted by molar-refractivity contribution is 0.218. The number of nitrogens with zero attached hydrogens (tertiary/aromatic N) is 1. The zero-order chi connectivity index (χ0) is 10.8. The molecular formula is C13H24BrN. The van der Waals surface area contributed by atoms with Gasteiger partial charge < -0.3 is 0 Å². The maximum absolute atomic E-state index is 3.80. The molecule has 2 fully saturated rings. The third kappa shape index (κ3) is 2.58. The Kier molecular flexibility index (Phi) is 4.11. The predicted molar refractivity (Wildman–Crippen MR) is 69.5 cm³/mol. The van der Waals surface area contributed by atoms with E-state index in [1.807, 2.05) is 0 Å². The summed E-state index contributed by atoms with van der Waals surface area (Å²) >= 11 is 3.80. The van der Waals surface area contributed by atoms with E-state index in [1.165, 1.54) is 45.2 Å². The number of rotatable bonds is 3. The molecule has 3 atom stereocenters. The van der Waals surface area contributed by atoms with Gasteiger partial charge in [0.05, 0.1) is 0 Å². The Morgan fingerprint density at radius 3 is 2.47 bits per heavy atom. The van der Waals surface area contributed by atoms with Crippen LogP contribution in [-0.2, 0) is 0 Å². The second-order valence-electron chi connectivity index (χ2n) is 5.35. The molecule has 2 aliphatic rings. The molecule has 3 unspecified atom stereocenters. The van der Waals surface area contributed by atoms with Crippen LogP contribution in [-0.4, -0.2) is 28.9 Å². The molecule has 1 saturated heterocycles. The van der Waals surface area contributed by atoms with Crippen LogP contribution in [0.1, 0.15) is 46.0 Å². The maximum atomic E-state index is 3.80. The Balaban J connectivity index is 1.92. The SMILES string of the molecule is CCC(CC)N1CC2CCC(Br)CC2C1. The largest absolute Gasteiger partial charge is 0.300 e. The molecule has 0 aromatic carbocycles. The minimum atomic E-state index is 0.806. The third-order valence-electron chi connectivity index (χ3n) is 4.47. The summed E-state index contributed by atoms with van der Waals surface area (Å²) in [5.41, 5.74) is 0. The number of likely N-dealkylation sites (tertiary alicyclic amines) is 1. The fourth-order valence-corrected chi connectivity index (χ4v) is 4.26. The number of fused-ring (bicyclic) bond motifs is 1. The van der Waals surface area contributed by atoms with Gasteiger partial charge >= 0.3 is 0 Å². The van der Waals surface area contributed by atoms with Crippen LogP contribution in [0.3, 0.4) is 0 Å². The Hall–Kier alpha value is 0.440. The van der Waals surface area contributed by atoms with Crippen LogP contribution >= 0.6 is 15.9 Å². The molecule has 0 bridgehead atoms. The maximum Gasteiger partial charge on any atom is 0.0149 e. The molecular weight excluding hydrogens is 250 g/mol. The molecule has 0 aromatic heterocycles. The molecule has 1 aliphatic carbocycles. The first-order valence-corrected chi connectivity index (χ1v) is 7.54. The summed E-state index contributed by atoms with van der Waals surface area (Å²) in [5, 5.41) is 0. The summed E-state index contributed by atoms with van der Waals surface area (Å²) in [6.45, 7) is 7.43. The zero-order valence-electron chi connectivity index (χ0n) is 10.1. The van der Waals surface area contributed by atoms with E-state index in [4.69, 9.17) is 0 Å². The van der Waals surface area contributed by atoms with E-state index in [0.717, 1.165) is 22.7 Å². The van der Waals surface area contributed by atoms with Crippen molar-refractivity contribution in [2.24, 2.45) is 11.8 Å². The van der Waals surface area contributed by atoms with Crippen molar-refractivity contribution in [3.8, 4) is 0 Å². The summed E-state index contributed by atoms with van der Waals surface area (Å²) < 4.78 is 0. The van der Waals surface area contributed by atoms with E-state index in [1.54, 1.807) is 0 Å². The van der Waals surface area contributed by atoms with Crippen molar-refractivity contribution in [2.45, 2.75) is 56.8 Å². The zero-order valence-corrected chi connectivity index (χ0v) is 11.7. The average molecular weight is 274 g/mol. The fraction of sp³-hybridized carbons (Fsp3) is 1.00. The van der Waals surface area contributed by atoms with Gasteiger partial charge in [-0.2, -0.15) is 0 Å². The first kappa shape index (κ1) is 11.9. The predicted octanol–water partition coefficient (Wildman–Crippen LogP) is 3.67. The van der Waals surface area contributed by atoms with Crippen molar-refractivity contribution in [1.29, 1.82) is 0 Å². The van der Waals surface area contributed by atoms with Gasteiger partial charge in [-0.1, -0.05) is 29.8 Å². The normalized spacial score (nSPS) is 37.2. The van der Waals surface area contributed by atoms with Crippen molar-refractivity contribution < 1.29 is 0 Å². The molecule has 0 radical (unpaired) electrons. The summed E-state index contributed by atoms with van der Waals surface area (Å²) in [6, 6.07) is 0.851. The summed E-state index contributed by atoms with van der Waals surface area (Å²) in [5.74, 6) is 2.00. The van der Waals surface area contributed by atoms with E-state index < -0.39 is 0 Å². The highest BCUT2D eigenvalue weighted by molar-refractivity contribution is 9.09. The van der Waals surface area contributed by atoms with Gasteiger partial charge in [-0.15, -0.1) is 0 Å². The van der Waals surface area contributed by atoms with Crippen molar-refractivity contribution in [2.75, 3.05) is 13.1 Å². The van der Waals surface area contributed by atoms with E-state index >= 15 is 0 Å². The lowest BCUT2D eigenvalue weighted by atomic mass is 9.82. The van der Waals surface area contributed by atoms with Gasteiger partial charge in [0.2, 0.25) is 0 Å². The molecule has 1 saturated carbocycles. The quantitative estimate of drug-likeness (QED) is 0.710. The molecule has 1 aliphatic heterocycles. The minimum absolute atomic E-state index is 0.806. The molecule has 0 N–H and O–H groups in total. The van der Waals surface area contributed by atoms with Crippen molar-refractivity contribution in [3.63, 3.8) is 0 Å². The number of alkyl halides is 1. The first-order valence-electron chi connectivity index (χ1n) is 6.62. The van der Waals surface area contributed by atoms with E-state index in [-0.39, 0.29) is 0 Å². The second kappa shape index (κ2) is 5.18. The molecule has 0 aromatic rings. The second-order valence-corrected chi connectivity index (χ2v) is 6.65. The van der Waals surface area contributed by atoms with Crippen molar-refractivity contribution in [1.82, 2.24) is 4.90 Å². The van der Waals surface area contributed by atoms with Crippen molar-refractivity contribution >= 4 is 15.9 Å². The summed E-state index contributed by atoms with van der Waals surface area (Å²) in [6.07, 6.45) is 6.93. The van der Waals surface area contributed by atoms with Crippen LogP contribution in [0.25, 0.3) is 0 Å². The van der Waals surface area contributed by atoms with E-state index in [2.05, 4.69) is 34.7 Å². The van der Waals surface area contributed by atoms with Crippen LogP contribution in [0.4, 0.5) is 0 Å². The Labute approximate surface area is 103 Å². The highest BCUT2D eigenvalue weighted by atomic mass is 79.9. The fourth-order valence-electron chi connectivity index (χ4n) is 3.51. The Bertz CT molecular complexity index is 203. The van der Waals surface area contributed by atoms with Gasteiger partial charge in [0, 0.05) is 24.0 Å². The van der Waals surface area contributed by atoms with Crippen LogP contribution in [0.15, 0.2) is 0 Å². The smallest absolute Gasteiger partial charge is 0.0149 e. The van der Waals surface area contributed by atoms with E-state index in [0.29, 0.717) is 0 Å².